The van der Waals surface area contributed by atoms with Crippen molar-refractivity contribution in [2.75, 3.05) is 72.3 Å². The summed E-state index contributed by atoms with van der Waals surface area (Å²) in [6.07, 6.45) is 1.15. The molecule has 3 aromatic carbocycles. The Morgan fingerprint density at radius 2 is 1.67 bits per heavy atom. The second kappa shape index (κ2) is 19.6. The largest absolute Gasteiger partial charge is 0.490 e. The summed E-state index contributed by atoms with van der Waals surface area (Å²) in [4.78, 5) is 15.5. The third kappa shape index (κ3) is 11.1. The Morgan fingerprint density at radius 1 is 0.945 bits per heavy atom. The topological polar surface area (TPSA) is 113 Å². The number of piperidine rings is 1. The molecule has 0 amide bonds. The average molecular weight is 781 g/mol. The smallest absolute Gasteiger partial charge is 0.311 e. The molecule has 0 saturated carbocycles. The molecule has 2 aliphatic rings. The quantitative estimate of drug-likeness (QED) is 0.0957. The van der Waals surface area contributed by atoms with Gasteiger partial charge in [0.1, 0.15) is 12.4 Å². The van der Waals surface area contributed by atoms with Gasteiger partial charge in [-0.1, -0.05) is 55.0 Å². The van der Waals surface area contributed by atoms with Gasteiger partial charge in [0, 0.05) is 51.8 Å². The summed E-state index contributed by atoms with van der Waals surface area (Å²) in [7, 11) is 0.803. The van der Waals surface area contributed by atoms with Gasteiger partial charge in [-0.15, -0.1) is 0 Å². The Balaban J connectivity index is 1.46. The number of benzene rings is 3. The SMILES string of the molecule is COCCCN1CCOc2ccc(CO[C@H]3CN(S(=O)(=O)c4ccc(C)cc4)[C@H](CC(C)(C)C(=O)OC)C[C@@H]3c3ccc(COCC(C)COC)cc3)cc21. The van der Waals surface area contributed by atoms with Gasteiger partial charge in [0.15, 0.2) is 0 Å². The van der Waals surface area contributed by atoms with Gasteiger partial charge in [-0.25, -0.2) is 8.42 Å². The lowest BCUT2D eigenvalue weighted by Gasteiger charge is -2.45. The molecule has 0 aliphatic carbocycles. The van der Waals surface area contributed by atoms with Crippen LogP contribution in [0.4, 0.5) is 5.69 Å². The van der Waals surface area contributed by atoms with E-state index in [1.54, 1.807) is 30.7 Å². The van der Waals surface area contributed by atoms with Crippen molar-refractivity contribution in [3.63, 3.8) is 0 Å². The summed E-state index contributed by atoms with van der Waals surface area (Å²) in [5, 5.41) is 0. The fourth-order valence-electron chi connectivity index (χ4n) is 7.62. The van der Waals surface area contributed by atoms with Crippen LogP contribution in [0.5, 0.6) is 5.75 Å². The molecule has 11 nitrogen and oxygen atoms in total. The summed E-state index contributed by atoms with van der Waals surface area (Å²) in [6, 6.07) is 20.9. The second-order valence-electron chi connectivity index (χ2n) is 15.6. The number of sulfonamides is 1. The van der Waals surface area contributed by atoms with Crippen LogP contribution < -0.4 is 9.64 Å². The van der Waals surface area contributed by atoms with Crippen LogP contribution in [0.2, 0.25) is 0 Å². The van der Waals surface area contributed by atoms with Crippen molar-refractivity contribution in [3.8, 4) is 5.75 Å². The highest BCUT2D eigenvalue weighted by Gasteiger charge is 2.46. The Hall–Kier alpha value is -3.52. The van der Waals surface area contributed by atoms with E-state index < -0.39 is 27.6 Å². The molecule has 1 saturated heterocycles. The molecule has 3 aromatic rings. The molecule has 4 atom stereocenters. The van der Waals surface area contributed by atoms with Crippen molar-refractivity contribution in [1.82, 2.24) is 4.31 Å². The first-order valence-electron chi connectivity index (χ1n) is 19.3. The minimum Gasteiger partial charge on any atom is -0.490 e. The molecule has 0 bridgehead atoms. The monoisotopic (exact) mass is 780 g/mol. The van der Waals surface area contributed by atoms with Crippen LogP contribution in [0.3, 0.4) is 0 Å². The van der Waals surface area contributed by atoms with Crippen LogP contribution in [0.1, 0.15) is 68.2 Å². The average Bonchev–Trinajstić information content (AvgIpc) is 3.17. The molecule has 0 aromatic heterocycles. The van der Waals surface area contributed by atoms with E-state index in [1.165, 1.54) is 7.11 Å². The first-order valence-corrected chi connectivity index (χ1v) is 20.7. The number of carbonyl (C=O) groups excluding carboxylic acids is 1. The molecule has 5 rings (SSSR count). The first-order chi connectivity index (χ1) is 26.4. The summed E-state index contributed by atoms with van der Waals surface area (Å²) >= 11 is 0. The van der Waals surface area contributed by atoms with Gasteiger partial charge in [-0.2, -0.15) is 4.31 Å². The van der Waals surface area contributed by atoms with E-state index >= 15 is 0 Å². The zero-order valence-corrected chi connectivity index (χ0v) is 34.4. The predicted octanol–water partition coefficient (Wildman–Crippen LogP) is 6.75. The third-order valence-electron chi connectivity index (χ3n) is 10.6. The second-order valence-corrected chi connectivity index (χ2v) is 17.5. The maximum absolute atomic E-state index is 14.5. The molecule has 0 radical (unpaired) electrons. The van der Waals surface area contributed by atoms with Crippen LogP contribution in [-0.2, 0) is 51.7 Å². The third-order valence-corrected chi connectivity index (χ3v) is 12.5. The normalized spacial score (nSPS) is 19.8. The van der Waals surface area contributed by atoms with Gasteiger partial charge in [-0.05, 0) is 81.0 Å². The zero-order valence-electron chi connectivity index (χ0n) is 33.6. The Morgan fingerprint density at radius 3 is 2.36 bits per heavy atom. The molecule has 12 heteroatoms. The molecule has 0 N–H and O–H groups in total. The maximum atomic E-state index is 14.5. The van der Waals surface area contributed by atoms with E-state index in [4.69, 9.17) is 28.4 Å². The summed E-state index contributed by atoms with van der Waals surface area (Å²) in [5.74, 6) is 0.584. The van der Waals surface area contributed by atoms with E-state index in [-0.39, 0.29) is 42.3 Å². The Labute approximate surface area is 328 Å². The maximum Gasteiger partial charge on any atom is 0.311 e. The number of methoxy groups -OCH3 is 3. The number of hydrogen-bond acceptors (Lipinski definition) is 10. The van der Waals surface area contributed by atoms with E-state index in [2.05, 4.69) is 42.2 Å². The number of ether oxygens (including phenoxy) is 6. The highest BCUT2D eigenvalue weighted by atomic mass is 32.2. The minimum atomic E-state index is -3.97. The fraction of sp³-hybridized carbons (Fsp3) is 0.558. The van der Waals surface area contributed by atoms with E-state index in [9.17, 15) is 13.2 Å². The highest BCUT2D eigenvalue weighted by molar-refractivity contribution is 7.89. The zero-order chi connectivity index (χ0) is 39.6. The minimum absolute atomic E-state index is 0.113. The van der Waals surface area contributed by atoms with Crippen molar-refractivity contribution < 1.29 is 41.6 Å². The lowest BCUT2D eigenvalue weighted by atomic mass is 9.77. The number of fused-ring (bicyclic) bond motifs is 1. The molecule has 2 heterocycles. The number of carbonyl (C=O) groups is 1. The van der Waals surface area contributed by atoms with Gasteiger partial charge in [0.05, 0.1) is 62.2 Å². The lowest BCUT2D eigenvalue weighted by molar-refractivity contribution is -0.152. The standard InChI is InChI=1S/C43H60N2O9S/c1-31-9-16-37(17-10-31)55(47,48)45-26-41(54-30-34-13-18-40-39(23-34)44(20-22-53-40)19-8-21-49-5)38(24-36(45)25-43(3,4)42(46)51-7)35-14-11-33(12-15-35)29-52-28-32(2)27-50-6/h9-18,23,32,36,38,41H,8,19-22,24-30H2,1-7H3/t32?,36-,38+,41-/m0/s1. The molecular formula is C43H60N2O9S. The fourth-order valence-corrected chi connectivity index (χ4v) is 9.27. The van der Waals surface area contributed by atoms with Crippen molar-refractivity contribution in [3.05, 3.63) is 89.0 Å². The number of aryl methyl sites for hydroxylation is 1. The first kappa shape index (κ1) is 42.6. The van der Waals surface area contributed by atoms with Gasteiger partial charge in [0.2, 0.25) is 10.0 Å². The Kier molecular flexibility index (Phi) is 15.2. The highest BCUT2D eigenvalue weighted by Crippen LogP contribution is 2.42. The van der Waals surface area contributed by atoms with E-state index in [0.717, 1.165) is 53.2 Å². The van der Waals surface area contributed by atoms with Crippen LogP contribution in [-0.4, -0.2) is 98.2 Å². The van der Waals surface area contributed by atoms with Crippen LogP contribution in [0.15, 0.2) is 71.6 Å². The number of nitrogens with zero attached hydrogens (tertiary/aromatic N) is 2. The van der Waals surface area contributed by atoms with E-state index in [1.807, 2.05) is 45.0 Å². The van der Waals surface area contributed by atoms with Crippen LogP contribution in [0, 0.1) is 18.3 Å². The predicted molar refractivity (Wildman–Crippen MR) is 213 cm³/mol. The molecule has 55 heavy (non-hydrogen) atoms. The number of anilines is 1. The number of hydrogen-bond donors (Lipinski definition) is 0. The Bertz CT molecular complexity index is 1780. The van der Waals surface area contributed by atoms with Gasteiger partial charge < -0.3 is 33.3 Å². The summed E-state index contributed by atoms with van der Waals surface area (Å²) < 4.78 is 65.1. The molecule has 0 spiro atoms. The van der Waals surface area contributed by atoms with Crippen molar-refractivity contribution in [1.29, 1.82) is 0 Å². The molecule has 302 valence electrons. The summed E-state index contributed by atoms with van der Waals surface area (Å²) in [6.45, 7) is 12.7. The van der Waals surface area contributed by atoms with Crippen molar-refractivity contribution >= 4 is 21.7 Å². The van der Waals surface area contributed by atoms with Gasteiger partial charge in [-0.3, -0.25) is 4.79 Å². The van der Waals surface area contributed by atoms with E-state index in [0.29, 0.717) is 39.5 Å². The van der Waals surface area contributed by atoms with Gasteiger partial charge >= 0.3 is 5.97 Å². The van der Waals surface area contributed by atoms with Crippen LogP contribution >= 0.6 is 0 Å². The number of esters is 1. The number of rotatable bonds is 19. The molecular weight excluding hydrogens is 721 g/mol. The van der Waals surface area contributed by atoms with Crippen LogP contribution in [0.25, 0.3) is 0 Å². The van der Waals surface area contributed by atoms with Crippen molar-refractivity contribution in [2.45, 2.75) is 83.1 Å². The van der Waals surface area contributed by atoms with Gasteiger partial charge in [0.25, 0.3) is 0 Å². The summed E-state index contributed by atoms with van der Waals surface area (Å²) in [5.41, 5.74) is 4.11. The molecule has 1 fully saturated rings. The molecule has 1 unspecified atom stereocenters. The molecule has 2 aliphatic heterocycles. The van der Waals surface area contributed by atoms with Crippen molar-refractivity contribution in [2.24, 2.45) is 11.3 Å². The lowest BCUT2D eigenvalue weighted by Crippen LogP contribution is -2.54.